The van der Waals surface area contributed by atoms with Gasteiger partial charge in [-0.2, -0.15) is 10.4 Å². The van der Waals surface area contributed by atoms with Crippen LogP contribution in [0.1, 0.15) is 34.1 Å². The first-order valence-electron chi connectivity index (χ1n) is 7.41. The van der Waals surface area contributed by atoms with Crippen molar-refractivity contribution in [2.75, 3.05) is 20.3 Å². The average Bonchev–Trinajstić information content (AvgIpc) is 3.22. The van der Waals surface area contributed by atoms with Crippen molar-refractivity contribution in [2.24, 2.45) is 0 Å². The van der Waals surface area contributed by atoms with Crippen molar-refractivity contribution in [2.45, 2.75) is 19.4 Å². The number of nitrogens with zero attached hydrogens (tertiary/aromatic N) is 3. The zero-order valence-corrected chi connectivity index (χ0v) is 13.1. The highest BCUT2D eigenvalue weighted by molar-refractivity contribution is 5.91. The average molecular weight is 311 g/mol. The molecule has 1 aliphatic rings. The first-order valence-corrected chi connectivity index (χ1v) is 7.41. The third kappa shape index (κ3) is 2.71. The van der Waals surface area contributed by atoms with E-state index in [2.05, 4.69) is 11.2 Å². The molecule has 0 amide bonds. The second-order valence-electron chi connectivity index (χ2n) is 5.46. The maximum Gasteiger partial charge on any atom is 0.356 e. The summed E-state index contributed by atoms with van der Waals surface area (Å²) in [6, 6.07) is 9.29. The molecule has 1 aromatic carbocycles. The second kappa shape index (κ2) is 6.23. The summed E-state index contributed by atoms with van der Waals surface area (Å²) >= 11 is 0. The molecule has 1 aromatic heterocycles. The Hall–Kier alpha value is -2.65. The lowest BCUT2D eigenvalue weighted by Crippen LogP contribution is -2.18. The van der Waals surface area contributed by atoms with Crippen LogP contribution < -0.4 is 0 Å². The van der Waals surface area contributed by atoms with E-state index in [9.17, 15) is 4.79 Å². The van der Waals surface area contributed by atoms with E-state index in [1.807, 2.05) is 19.1 Å². The van der Waals surface area contributed by atoms with Crippen molar-refractivity contribution in [3.63, 3.8) is 0 Å². The molecule has 3 rings (SSSR count). The van der Waals surface area contributed by atoms with Crippen molar-refractivity contribution < 1.29 is 14.3 Å². The van der Waals surface area contributed by atoms with E-state index in [0.29, 0.717) is 24.5 Å². The molecule has 0 spiro atoms. The molecule has 2 aromatic rings. The van der Waals surface area contributed by atoms with E-state index in [1.165, 1.54) is 7.11 Å². The van der Waals surface area contributed by atoms with E-state index in [-0.39, 0.29) is 6.04 Å². The number of esters is 1. The summed E-state index contributed by atoms with van der Waals surface area (Å²) in [6.45, 7) is 3.06. The Labute approximate surface area is 134 Å². The normalized spacial score (nSPS) is 17.0. The van der Waals surface area contributed by atoms with Crippen LogP contribution in [-0.2, 0) is 9.47 Å². The highest BCUT2D eigenvalue weighted by Gasteiger charge is 2.28. The minimum Gasteiger partial charge on any atom is -0.464 e. The summed E-state index contributed by atoms with van der Waals surface area (Å²) in [4.78, 5) is 12.2. The number of benzene rings is 1. The Kier molecular flexibility index (Phi) is 4.13. The lowest BCUT2D eigenvalue weighted by Gasteiger charge is -2.11. The van der Waals surface area contributed by atoms with E-state index >= 15 is 0 Å². The quantitative estimate of drug-likeness (QED) is 0.814. The molecule has 1 saturated heterocycles. The summed E-state index contributed by atoms with van der Waals surface area (Å²) in [5, 5.41) is 13.5. The van der Waals surface area contributed by atoms with E-state index in [0.717, 1.165) is 23.2 Å². The molecule has 1 atom stereocenters. The molecule has 0 bridgehead atoms. The van der Waals surface area contributed by atoms with Crippen molar-refractivity contribution in [3.05, 3.63) is 41.1 Å². The molecule has 6 heteroatoms. The van der Waals surface area contributed by atoms with Crippen molar-refractivity contribution in [3.8, 4) is 17.3 Å². The van der Waals surface area contributed by atoms with Crippen LogP contribution in [0, 0.1) is 18.3 Å². The smallest absolute Gasteiger partial charge is 0.356 e. The zero-order valence-electron chi connectivity index (χ0n) is 13.1. The van der Waals surface area contributed by atoms with E-state index in [1.54, 1.807) is 16.8 Å². The summed E-state index contributed by atoms with van der Waals surface area (Å²) < 4.78 is 12.1. The zero-order chi connectivity index (χ0) is 16.4. The standard InChI is InChI=1S/C17H17N3O3/c1-11-15(13-5-3-12(9-18)4-6-13)19-20(14-7-8-23-10-14)16(11)17(21)22-2/h3-6,14H,7-8,10H2,1-2H3. The van der Waals surface area contributed by atoms with Gasteiger partial charge in [-0.05, 0) is 25.5 Å². The first-order chi connectivity index (χ1) is 11.2. The summed E-state index contributed by atoms with van der Waals surface area (Å²) in [6.07, 6.45) is 0.817. The van der Waals surface area contributed by atoms with E-state index in [4.69, 9.17) is 14.7 Å². The maximum absolute atomic E-state index is 12.2. The third-order valence-corrected chi connectivity index (χ3v) is 4.06. The predicted octanol–water partition coefficient (Wildman–Crippen LogP) is 2.48. The Balaban J connectivity index is 2.10. The molecule has 6 nitrogen and oxygen atoms in total. The van der Waals surface area contributed by atoms with Gasteiger partial charge >= 0.3 is 5.97 Å². The lowest BCUT2D eigenvalue weighted by molar-refractivity contribution is 0.0581. The fourth-order valence-electron chi connectivity index (χ4n) is 2.82. The number of hydrogen-bond acceptors (Lipinski definition) is 5. The molecule has 0 saturated carbocycles. The first kappa shape index (κ1) is 15.3. The van der Waals surface area contributed by atoms with Gasteiger partial charge in [0.2, 0.25) is 0 Å². The Morgan fingerprint density at radius 3 is 2.74 bits per heavy atom. The number of methoxy groups -OCH3 is 1. The van der Waals surface area contributed by atoms with Gasteiger partial charge in [0.25, 0.3) is 0 Å². The predicted molar refractivity (Wildman–Crippen MR) is 82.9 cm³/mol. The maximum atomic E-state index is 12.2. The molecule has 0 aliphatic carbocycles. The van der Waals surface area contributed by atoms with Gasteiger partial charge < -0.3 is 9.47 Å². The number of nitriles is 1. The lowest BCUT2D eigenvalue weighted by atomic mass is 10.1. The number of ether oxygens (including phenoxy) is 2. The molecule has 1 unspecified atom stereocenters. The van der Waals surface area contributed by atoms with Gasteiger partial charge in [0, 0.05) is 17.7 Å². The second-order valence-corrected chi connectivity index (χ2v) is 5.46. The van der Waals surface area contributed by atoms with Crippen LogP contribution >= 0.6 is 0 Å². The third-order valence-electron chi connectivity index (χ3n) is 4.06. The van der Waals surface area contributed by atoms with Crippen LogP contribution in [-0.4, -0.2) is 36.1 Å². The molecule has 118 valence electrons. The minimum absolute atomic E-state index is 0.0370. The van der Waals surface area contributed by atoms with Crippen molar-refractivity contribution in [1.82, 2.24) is 9.78 Å². The Morgan fingerprint density at radius 2 is 2.17 bits per heavy atom. The Bertz CT molecular complexity index is 766. The highest BCUT2D eigenvalue weighted by atomic mass is 16.5. The summed E-state index contributed by atoms with van der Waals surface area (Å²) in [7, 11) is 1.37. The molecule has 2 heterocycles. The van der Waals surface area contributed by atoms with Gasteiger partial charge in [0.15, 0.2) is 0 Å². The van der Waals surface area contributed by atoms with Crippen LogP contribution in [0.3, 0.4) is 0 Å². The van der Waals surface area contributed by atoms with Gasteiger partial charge in [-0.3, -0.25) is 4.68 Å². The highest BCUT2D eigenvalue weighted by Crippen LogP contribution is 2.30. The summed E-state index contributed by atoms with van der Waals surface area (Å²) in [5.74, 6) is -0.401. The molecule has 1 fully saturated rings. The van der Waals surface area contributed by atoms with Crippen LogP contribution in [0.15, 0.2) is 24.3 Å². The molecular weight excluding hydrogens is 294 g/mol. The van der Waals surface area contributed by atoms with Crippen LogP contribution in [0.25, 0.3) is 11.3 Å². The number of rotatable bonds is 3. The van der Waals surface area contributed by atoms with Gasteiger partial charge in [0.1, 0.15) is 5.69 Å². The molecule has 23 heavy (non-hydrogen) atoms. The number of hydrogen-bond donors (Lipinski definition) is 0. The van der Waals surface area contributed by atoms with Crippen LogP contribution in [0.2, 0.25) is 0 Å². The van der Waals surface area contributed by atoms with Gasteiger partial charge in [-0.25, -0.2) is 4.79 Å². The number of aromatic nitrogens is 2. The summed E-state index contributed by atoms with van der Waals surface area (Å²) in [5.41, 5.74) is 3.41. The topological polar surface area (TPSA) is 77.1 Å². The number of carbonyl (C=O) groups excluding carboxylic acids is 1. The fraction of sp³-hybridized carbons (Fsp3) is 0.353. The molecule has 0 radical (unpaired) electrons. The SMILES string of the molecule is COC(=O)c1c(C)c(-c2ccc(C#N)cc2)nn1C1CCOC1. The molecule has 1 aliphatic heterocycles. The monoisotopic (exact) mass is 311 g/mol. The largest absolute Gasteiger partial charge is 0.464 e. The van der Waals surface area contributed by atoms with Crippen LogP contribution in [0.4, 0.5) is 0 Å². The Morgan fingerprint density at radius 1 is 1.43 bits per heavy atom. The van der Waals surface area contributed by atoms with Gasteiger partial charge in [-0.1, -0.05) is 12.1 Å². The van der Waals surface area contributed by atoms with Gasteiger partial charge in [-0.15, -0.1) is 0 Å². The molecule has 0 N–H and O–H groups in total. The van der Waals surface area contributed by atoms with Crippen molar-refractivity contribution in [1.29, 1.82) is 5.26 Å². The van der Waals surface area contributed by atoms with E-state index < -0.39 is 5.97 Å². The van der Waals surface area contributed by atoms with Crippen LogP contribution in [0.5, 0.6) is 0 Å². The van der Waals surface area contributed by atoms with Crippen molar-refractivity contribution >= 4 is 5.97 Å². The molecular formula is C17H17N3O3. The fourth-order valence-corrected chi connectivity index (χ4v) is 2.82. The number of carbonyl (C=O) groups is 1. The minimum atomic E-state index is -0.401. The van der Waals surface area contributed by atoms with Gasteiger partial charge in [0.05, 0.1) is 37.1 Å².